The molecule has 2 fully saturated rings. The van der Waals surface area contributed by atoms with Crippen LogP contribution in [-0.2, 0) is 52.4 Å². The van der Waals surface area contributed by atoms with Gasteiger partial charge in [0, 0.05) is 20.2 Å². The Hall–Kier alpha value is -3.26. The number of morpholine rings is 1. The molecule has 0 aromatic rings. The minimum absolute atomic E-state index is 0.0574. The molecule has 2 aliphatic heterocycles. The maximum Gasteiger partial charge on any atom is 0.243 e. The highest BCUT2D eigenvalue weighted by Gasteiger charge is 2.48. The lowest BCUT2D eigenvalue weighted by Crippen LogP contribution is -2.54. The van der Waals surface area contributed by atoms with Crippen molar-refractivity contribution in [1.82, 2.24) is 31.6 Å². The SMILES string of the molecule is COCCOCCOCCOCCC(=O)N/N=C(/[C@H](CC(C)C)NC(=O)CNC(=O)[C@H](CC(C)C)NC(=O)CNC(=O)CN1CCOCC1)[C@@]1(C)CO1. The van der Waals surface area contributed by atoms with Crippen molar-refractivity contribution in [1.29, 1.82) is 0 Å². The predicted molar refractivity (Wildman–Crippen MR) is 195 cm³/mol. The molecule has 2 rings (SSSR count). The van der Waals surface area contributed by atoms with Crippen molar-refractivity contribution < 1.29 is 52.4 Å². The van der Waals surface area contributed by atoms with Crippen molar-refractivity contribution in [3.63, 3.8) is 0 Å². The minimum atomic E-state index is -0.911. The Labute approximate surface area is 313 Å². The van der Waals surface area contributed by atoms with Gasteiger partial charge >= 0.3 is 0 Å². The molecule has 0 aliphatic carbocycles. The molecule has 5 amide bonds. The first kappa shape index (κ1) is 45.9. The fourth-order valence-corrected chi connectivity index (χ4v) is 5.24. The average molecular weight is 758 g/mol. The standard InChI is InChI=1S/C35H63N7O11/c1-25(2)19-27(33(35(5)24-53-35)41-40-29(43)7-10-49-15-16-52-18-17-51-14-13-48-6)38-31(45)22-37-34(47)28(20-26(3)4)39-30(44)21-36-32(46)23-42-8-11-50-12-9-42/h25-28H,7-24H2,1-6H3,(H,36,46)(H,37,47)(H,38,45)(H,39,44)(H,40,43)/b41-33-/t27-,28-,35+/m0/s1. The quantitative estimate of drug-likeness (QED) is 0.0280. The zero-order chi connectivity index (χ0) is 39.1. The summed E-state index contributed by atoms with van der Waals surface area (Å²) < 4.78 is 32.1. The molecular weight excluding hydrogens is 694 g/mol. The van der Waals surface area contributed by atoms with E-state index < -0.39 is 35.4 Å². The van der Waals surface area contributed by atoms with Gasteiger partial charge in [-0.25, -0.2) is 5.43 Å². The predicted octanol–water partition coefficient (Wildman–Crippen LogP) is -1.04. The van der Waals surface area contributed by atoms with Crippen molar-refractivity contribution >= 4 is 35.2 Å². The van der Waals surface area contributed by atoms with Crippen LogP contribution in [0.15, 0.2) is 5.10 Å². The maximum atomic E-state index is 13.2. The van der Waals surface area contributed by atoms with Gasteiger partial charge in [0.05, 0.1) is 104 Å². The molecule has 3 atom stereocenters. The molecular formula is C35H63N7O11. The number of amides is 5. The summed E-state index contributed by atoms with van der Waals surface area (Å²) in [4.78, 5) is 65.8. The van der Waals surface area contributed by atoms with Gasteiger partial charge in [0.25, 0.3) is 0 Å². The van der Waals surface area contributed by atoms with Crippen molar-refractivity contribution in [3.05, 3.63) is 0 Å². The molecule has 2 aliphatic rings. The van der Waals surface area contributed by atoms with Crippen LogP contribution in [0.3, 0.4) is 0 Å². The van der Waals surface area contributed by atoms with Crippen molar-refractivity contribution in [2.24, 2.45) is 16.9 Å². The van der Waals surface area contributed by atoms with E-state index in [9.17, 15) is 24.0 Å². The summed E-state index contributed by atoms with van der Waals surface area (Å²) >= 11 is 0. The molecule has 0 spiro atoms. The highest BCUT2D eigenvalue weighted by Crippen LogP contribution is 2.30. The van der Waals surface area contributed by atoms with E-state index in [0.717, 1.165) is 0 Å². The number of methoxy groups -OCH3 is 1. The Morgan fingerprint density at radius 3 is 1.83 bits per heavy atom. The summed E-state index contributed by atoms with van der Waals surface area (Å²) in [6.45, 7) is 14.7. The van der Waals surface area contributed by atoms with Gasteiger partial charge in [0.2, 0.25) is 29.5 Å². The number of carbonyl (C=O) groups excluding carboxylic acids is 5. The van der Waals surface area contributed by atoms with Crippen LogP contribution in [0.5, 0.6) is 0 Å². The van der Waals surface area contributed by atoms with Gasteiger partial charge in [0.1, 0.15) is 11.6 Å². The fourth-order valence-electron chi connectivity index (χ4n) is 5.24. The van der Waals surface area contributed by atoms with Crippen LogP contribution in [0.2, 0.25) is 0 Å². The number of nitrogens with zero attached hydrogens (tertiary/aromatic N) is 2. The van der Waals surface area contributed by atoms with Crippen molar-refractivity contribution in [2.45, 2.75) is 71.6 Å². The Kier molecular flexibility index (Phi) is 22.3. The highest BCUT2D eigenvalue weighted by molar-refractivity contribution is 6.01. The molecule has 0 unspecified atom stereocenters. The number of hydrogen-bond acceptors (Lipinski definition) is 13. The topological polar surface area (TPSA) is 220 Å². The van der Waals surface area contributed by atoms with E-state index in [4.69, 9.17) is 28.4 Å². The number of hydrazone groups is 1. The molecule has 0 radical (unpaired) electrons. The zero-order valence-electron chi connectivity index (χ0n) is 32.4. The van der Waals surface area contributed by atoms with Crippen LogP contribution in [0.1, 0.15) is 53.9 Å². The van der Waals surface area contributed by atoms with Gasteiger partial charge in [0.15, 0.2) is 0 Å². The molecule has 0 aromatic carbocycles. The first-order valence-corrected chi connectivity index (χ1v) is 18.5. The fraction of sp³-hybridized carbons (Fsp3) is 0.829. The second kappa shape index (κ2) is 25.7. The number of epoxide rings is 1. The number of rotatable bonds is 28. The Morgan fingerprint density at radius 2 is 1.26 bits per heavy atom. The zero-order valence-corrected chi connectivity index (χ0v) is 32.4. The lowest BCUT2D eigenvalue weighted by atomic mass is 9.92. The molecule has 2 heterocycles. The van der Waals surface area contributed by atoms with Crippen LogP contribution in [0.25, 0.3) is 0 Å². The second-order valence-electron chi connectivity index (χ2n) is 14.0. The summed E-state index contributed by atoms with van der Waals surface area (Å²) in [5.41, 5.74) is 2.26. The van der Waals surface area contributed by atoms with E-state index in [-0.39, 0.29) is 56.3 Å². The summed E-state index contributed by atoms with van der Waals surface area (Å²) in [6, 6.07) is -1.50. The van der Waals surface area contributed by atoms with Crippen LogP contribution in [0.4, 0.5) is 0 Å². The molecule has 18 nitrogen and oxygen atoms in total. The third-order valence-electron chi connectivity index (χ3n) is 8.14. The van der Waals surface area contributed by atoms with E-state index in [1.165, 1.54) is 0 Å². The van der Waals surface area contributed by atoms with E-state index in [1.807, 2.05) is 39.5 Å². The van der Waals surface area contributed by atoms with Crippen LogP contribution < -0.4 is 26.7 Å². The first-order chi connectivity index (χ1) is 25.3. The Balaban J connectivity index is 1.85. The van der Waals surface area contributed by atoms with Gasteiger partial charge in [-0.05, 0) is 31.6 Å². The molecule has 53 heavy (non-hydrogen) atoms. The average Bonchev–Trinajstić information content (AvgIpc) is 3.85. The number of ether oxygens (including phenoxy) is 6. The molecule has 304 valence electrons. The summed E-state index contributed by atoms with van der Waals surface area (Å²) in [7, 11) is 1.61. The van der Waals surface area contributed by atoms with Gasteiger partial charge < -0.3 is 49.7 Å². The molecule has 0 bridgehead atoms. The van der Waals surface area contributed by atoms with E-state index in [2.05, 4.69) is 31.8 Å². The van der Waals surface area contributed by atoms with E-state index in [0.29, 0.717) is 91.1 Å². The largest absolute Gasteiger partial charge is 0.382 e. The Morgan fingerprint density at radius 1 is 0.736 bits per heavy atom. The molecule has 0 saturated carbocycles. The second-order valence-corrected chi connectivity index (χ2v) is 14.0. The van der Waals surface area contributed by atoms with Gasteiger partial charge in [-0.2, -0.15) is 5.10 Å². The number of carbonyl (C=O) groups is 5. The number of hydrogen-bond donors (Lipinski definition) is 5. The number of nitrogens with one attached hydrogen (secondary N) is 5. The lowest BCUT2D eigenvalue weighted by molar-refractivity contribution is -0.131. The van der Waals surface area contributed by atoms with E-state index >= 15 is 0 Å². The summed E-state index contributed by atoms with van der Waals surface area (Å²) in [6.07, 6.45) is 0.890. The molecule has 5 N–H and O–H groups in total. The lowest BCUT2D eigenvalue weighted by Gasteiger charge is -2.26. The summed E-state index contributed by atoms with van der Waals surface area (Å²) in [5, 5.41) is 15.2. The summed E-state index contributed by atoms with van der Waals surface area (Å²) in [5.74, 6) is -1.98. The minimum Gasteiger partial charge on any atom is -0.382 e. The van der Waals surface area contributed by atoms with Gasteiger partial charge in [-0.1, -0.05) is 27.7 Å². The van der Waals surface area contributed by atoms with Crippen LogP contribution >= 0.6 is 0 Å². The van der Waals surface area contributed by atoms with Crippen LogP contribution in [-0.4, -0.2) is 164 Å². The van der Waals surface area contributed by atoms with Crippen LogP contribution in [0, 0.1) is 11.8 Å². The maximum absolute atomic E-state index is 13.2. The van der Waals surface area contributed by atoms with Crippen molar-refractivity contribution in [3.8, 4) is 0 Å². The van der Waals surface area contributed by atoms with Crippen molar-refractivity contribution in [2.75, 3.05) is 106 Å². The third kappa shape index (κ3) is 20.7. The molecule has 0 aromatic heterocycles. The Bertz CT molecular complexity index is 1160. The normalized spacial score (nSPS) is 18.7. The van der Waals surface area contributed by atoms with E-state index in [1.54, 1.807) is 7.11 Å². The van der Waals surface area contributed by atoms with Gasteiger partial charge in [-0.3, -0.25) is 28.9 Å². The smallest absolute Gasteiger partial charge is 0.243 e. The third-order valence-corrected chi connectivity index (χ3v) is 8.14. The first-order valence-electron chi connectivity index (χ1n) is 18.5. The molecule has 2 saturated heterocycles. The van der Waals surface area contributed by atoms with Gasteiger partial charge in [-0.15, -0.1) is 0 Å². The monoisotopic (exact) mass is 757 g/mol. The highest BCUT2D eigenvalue weighted by atomic mass is 16.6. The molecule has 18 heteroatoms.